The van der Waals surface area contributed by atoms with E-state index in [-0.39, 0.29) is 16.6 Å². The number of hydrogen-bond donors (Lipinski definition) is 1. The van der Waals surface area contributed by atoms with Gasteiger partial charge in [-0.1, -0.05) is 25.4 Å². The van der Waals surface area contributed by atoms with Gasteiger partial charge in [-0.15, -0.1) is 0 Å². The first kappa shape index (κ1) is 15.3. The maximum Gasteiger partial charge on any atom is 0.245 e. The number of hydrogen-bond acceptors (Lipinski definition) is 3. The molecule has 4 nitrogen and oxygen atoms in total. The van der Waals surface area contributed by atoms with Crippen LogP contribution in [0.2, 0.25) is 5.02 Å². The Morgan fingerprint density at radius 2 is 2.00 bits per heavy atom. The van der Waals surface area contributed by atoms with E-state index in [9.17, 15) is 8.42 Å². The first-order valence-corrected chi connectivity index (χ1v) is 7.73. The minimum absolute atomic E-state index is 0.0709. The van der Waals surface area contributed by atoms with E-state index in [2.05, 4.69) is 0 Å². The predicted octanol–water partition coefficient (Wildman–Crippen LogP) is 2.73. The SMILES string of the molecule is CCC(C)N(CC)S(=O)(=O)c1cc(Cl)ccc1N. The fourth-order valence-electron chi connectivity index (χ4n) is 1.78. The van der Waals surface area contributed by atoms with Gasteiger partial charge in [-0.05, 0) is 31.5 Å². The molecule has 0 spiro atoms. The summed E-state index contributed by atoms with van der Waals surface area (Å²) in [6.45, 7) is 6.04. The normalized spacial score (nSPS) is 13.8. The second-order valence-corrected chi connectivity index (χ2v) is 6.44. The van der Waals surface area contributed by atoms with Crippen molar-refractivity contribution in [3.63, 3.8) is 0 Å². The van der Waals surface area contributed by atoms with Crippen LogP contribution in [0.25, 0.3) is 0 Å². The Labute approximate surface area is 114 Å². The van der Waals surface area contributed by atoms with E-state index in [1.165, 1.54) is 16.4 Å². The molecule has 0 aliphatic heterocycles. The summed E-state index contributed by atoms with van der Waals surface area (Å²) in [6, 6.07) is 4.42. The van der Waals surface area contributed by atoms with Crippen LogP contribution >= 0.6 is 11.6 Å². The lowest BCUT2D eigenvalue weighted by Gasteiger charge is -2.26. The van der Waals surface area contributed by atoms with Crippen molar-refractivity contribution in [2.45, 2.75) is 38.1 Å². The third-order valence-electron chi connectivity index (χ3n) is 2.96. The summed E-state index contributed by atoms with van der Waals surface area (Å²) < 4.78 is 26.5. The lowest BCUT2D eigenvalue weighted by Crippen LogP contribution is -2.38. The zero-order chi connectivity index (χ0) is 13.9. The molecule has 0 fully saturated rings. The van der Waals surface area contributed by atoms with E-state index >= 15 is 0 Å². The van der Waals surface area contributed by atoms with Crippen LogP contribution in [0.15, 0.2) is 23.1 Å². The van der Waals surface area contributed by atoms with Gasteiger partial charge in [0.2, 0.25) is 10.0 Å². The van der Waals surface area contributed by atoms with Crippen molar-refractivity contribution in [1.82, 2.24) is 4.31 Å². The summed E-state index contributed by atoms with van der Waals surface area (Å²) in [5, 5.41) is 0.364. The number of nitrogens with two attached hydrogens (primary N) is 1. The number of anilines is 1. The molecule has 0 aliphatic carbocycles. The molecule has 0 saturated carbocycles. The highest BCUT2D eigenvalue weighted by atomic mass is 35.5. The molecule has 0 aliphatic rings. The van der Waals surface area contributed by atoms with Crippen LogP contribution in [0.3, 0.4) is 0 Å². The van der Waals surface area contributed by atoms with E-state index in [1.807, 2.05) is 20.8 Å². The summed E-state index contributed by atoms with van der Waals surface area (Å²) in [4.78, 5) is 0.0807. The van der Waals surface area contributed by atoms with Crippen LogP contribution in [-0.4, -0.2) is 25.3 Å². The summed E-state index contributed by atoms with van der Waals surface area (Å²) in [5.41, 5.74) is 5.97. The van der Waals surface area contributed by atoms with Crippen LogP contribution in [0.1, 0.15) is 27.2 Å². The summed E-state index contributed by atoms with van der Waals surface area (Å²) in [5.74, 6) is 0. The third kappa shape index (κ3) is 2.96. The Bertz CT molecular complexity index is 517. The molecule has 18 heavy (non-hydrogen) atoms. The van der Waals surface area contributed by atoms with Gasteiger partial charge >= 0.3 is 0 Å². The van der Waals surface area contributed by atoms with Crippen molar-refractivity contribution in [3.8, 4) is 0 Å². The molecule has 0 heterocycles. The average molecular weight is 291 g/mol. The monoisotopic (exact) mass is 290 g/mol. The fraction of sp³-hybridized carbons (Fsp3) is 0.500. The zero-order valence-electron chi connectivity index (χ0n) is 10.9. The molecule has 1 unspecified atom stereocenters. The van der Waals surface area contributed by atoms with Gasteiger partial charge in [0.1, 0.15) is 4.90 Å². The molecule has 1 aromatic carbocycles. The molecule has 0 saturated heterocycles. The van der Waals surface area contributed by atoms with Gasteiger partial charge in [0, 0.05) is 17.6 Å². The van der Waals surface area contributed by atoms with Crippen molar-refractivity contribution in [2.75, 3.05) is 12.3 Å². The van der Waals surface area contributed by atoms with Crippen molar-refractivity contribution in [1.29, 1.82) is 0 Å². The average Bonchev–Trinajstić information content (AvgIpc) is 2.32. The molecule has 1 atom stereocenters. The van der Waals surface area contributed by atoms with Crippen LogP contribution < -0.4 is 5.73 Å². The lowest BCUT2D eigenvalue weighted by molar-refractivity contribution is 0.342. The van der Waals surface area contributed by atoms with Crippen molar-refractivity contribution >= 4 is 27.3 Å². The van der Waals surface area contributed by atoms with E-state index in [0.717, 1.165) is 6.42 Å². The van der Waals surface area contributed by atoms with Gasteiger partial charge in [-0.3, -0.25) is 0 Å². The number of halogens is 1. The number of sulfonamides is 1. The van der Waals surface area contributed by atoms with Crippen LogP contribution in [0.5, 0.6) is 0 Å². The van der Waals surface area contributed by atoms with Crippen LogP contribution in [0, 0.1) is 0 Å². The van der Waals surface area contributed by atoms with Crippen molar-refractivity contribution in [2.24, 2.45) is 0 Å². The Hall–Kier alpha value is -0.780. The molecule has 2 N–H and O–H groups in total. The highest BCUT2D eigenvalue weighted by molar-refractivity contribution is 7.89. The number of nitrogen functional groups attached to an aromatic ring is 1. The molecular formula is C12H19ClN2O2S. The zero-order valence-corrected chi connectivity index (χ0v) is 12.4. The van der Waals surface area contributed by atoms with Gasteiger partial charge in [0.05, 0.1) is 5.69 Å². The Morgan fingerprint density at radius 1 is 1.39 bits per heavy atom. The van der Waals surface area contributed by atoms with E-state index in [4.69, 9.17) is 17.3 Å². The summed E-state index contributed by atoms with van der Waals surface area (Å²) >= 11 is 5.85. The van der Waals surface area contributed by atoms with Crippen molar-refractivity contribution in [3.05, 3.63) is 23.2 Å². The molecule has 0 bridgehead atoms. The van der Waals surface area contributed by atoms with E-state index in [1.54, 1.807) is 6.07 Å². The van der Waals surface area contributed by atoms with Crippen LogP contribution in [0.4, 0.5) is 5.69 Å². The van der Waals surface area contributed by atoms with E-state index in [0.29, 0.717) is 11.6 Å². The van der Waals surface area contributed by atoms with Crippen LogP contribution in [-0.2, 0) is 10.0 Å². The Morgan fingerprint density at radius 3 is 2.50 bits per heavy atom. The van der Waals surface area contributed by atoms with Gasteiger partial charge in [-0.2, -0.15) is 4.31 Å². The Kier molecular flexibility index (Phi) is 5.01. The number of rotatable bonds is 5. The smallest absolute Gasteiger partial charge is 0.245 e. The second kappa shape index (κ2) is 5.91. The summed E-state index contributed by atoms with van der Waals surface area (Å²) in [6.07, 6.45) is 0.744. The highest BCUT2D eigenvalue weighted by Crippen LogP contribution is 2.27. The largest absolute Gasteiger partial charge is 0.398 e. The quantitative estimate of drug-likeness (QED) is 0.848. The molecule has 1 aromatic rings. The van der Waals surface area contributed by atoms with Gasteiger partial charge in [0.25, 0.3) is 0 Å². The molecular weight excluding hydrogens is 272 g/mol. The standard InChI is InChI=1S/C12H19ClN2O2S/c1-4-9(3)15(5-2)18(16,17)12-8-10(13)6-7-11(12)14/h6-9H,4-5,14H2,1-3H3. The summed E-state index contributed by atoms with van der Waals surface area (Å²) in [7, 11) is -3.59. The minimum Gasteiger partial charge on any atom is -0.398 e. The second-order valence-electron chi connectivity index (χ2n) is 4.15. The Balaban J connectivity index is 3.31. The minimum atomic E-state index is -3.59. The maximum atomic E-state index is 12.5. The molecule has 102 valence electrons. The first-order chi connectivity index (χ1) is 8.34. The first-order valence-electron chi connectivity index (χ1n) is 5.91. The van der Waals surface area contributed by atoms with Crippen molar-refractivity contribution < 1.29 is 8.42 Å². The van der Waals surface area contributed by atoms with Gasteiger partial charge in [0.15, 0.2) is 0 Å². The highest BCUT2D eigenvalue weighted by Gasteiger charge is 2.28. The van der Waals surface area contributed by atoms with E-state index < -0.39 is 10.0 Å². The molecule has 0 aromatic heterocycles. The third-order valence-corrected chi connectivity index (χ3v) is 5.34. The van der Waals surface area contributed by atoms with Gasteiger partial charge in [-0.25, -0.2) is 8.42 Å². The predicted molar refractivity (Wildman–Crippen MR) is 75.2 cm³/mol. The van der Waals surface area contributed by atoms with Gasteiger partial charge < -0.3 is 5.73 Å². The molecule has 1 rings (SSSR count). The topological polar surface area (TPSA) is 63.4 Å². The maximum absolute atomic E-state index is 12.5. The molecule has 6 heteroatoms. The molecule has 0 amide bonds. The lowest BCUT2D eigenvalue weighted by atomic mass is 10.3. The fourth-order valence-corrected chi connectivity index (χ4v) is 3.87. The number of nitrogens with zero attached hydrogens (tertiary/aromatic N) is 1. The number of benzene rings is 1. The molecule has 0 radical (unpaired) electrons.